The highest BCUT2D eigenvalue weighted by Crippen LogP contribution is 2.41. The molecule has 0 spiro atoms. The van der Waals surface area contributed by atoms with E-state index in [1.165, 1.54) is 35.6 Å². The van der Waals surface area contributed by atoms with Crippen LogP contribution in [0.3, 0.4) is 0 Å². The Bertz CT molecular complexity index is 515. The van der Waals surface area contributed by atoms with Gasteiger partial charge in [-0.25, -0.2) is 0 Å². The predicted octanol–water partition coefficient (Wildman–Crippen LogP) is 3.23. The molecule has 23 heavy (non-hydrogen) atoms. The van der Waals surface area contributed by atoms with Gasteiger partial charge in [-0.2, -0.15) is 0 Å². The molecule has 1 aromatic rings. The lowest BCUT2D eigenvalue weighted by Crippen LogP contribution is -2.61. The third-order valence-electron chi connectivity index (χ3n) is 5.80. The van der Waals surface area contributed by atoms with Gasteiger partial charge in [0.05, 0.1) is 6.61 Å². The Morgan fingerprint density at radius 2 is 2.04 bits per heavy atom. The lowest BCUT2D eigenvalue weighted by Gasteiger charge is -2.53. The molecule has 3 heterocycles. The monoisotopic (exact) mass is 336 g/mol. The maximum atomic E-state index is 10.0. The largest absolute Gasteiger partial charge is 0.396 e. The van der Waals surface area contributed by atoms with Gasteiger partial charge >= 0.3 is 0 Å². The van der Waals surface area contributed by atoms with Gasteiger partial charge in [-0.3, -0.25) is 4.90 Å². The number of likely N-dealkylation sites (tertiary alicyclic amines) is 2. The molecule has 4 heteroatoms. The van der Waals surface area contributed by atoms with E-state index in [4.69, 9.17) is 0 Å². The van der Waals surface area contributed by atoms with Crippen LogP contribution in [0.15, 0.2) is 12.1 Å². The van der Waals surface area contributed by atoms with Gasteiger partial charge < -0.3 is 10.0 Å². The molecule has 2 aliphatic heterocycles. The van der Waals surface area contributed by atoms with Gasteiger partial charge in [0, 0.05) is 34.3 Å². The summed E-state index contributed by atoms with van der Waals surface area (Å²) in [6.45, 7) is 9.42. The van der Waals surface area contributed by atoms with Crippen molar-refractivity contribution in [1.82, 2.24) is 9.80 Å². The molecule has 1 N–H and O–H groups in total. The van der Waals surface area contributed by atoms with Crippen LogP contribution in [0, 0.1) is 11.3 Å². The molecule has 0 radical (unpaired) electrons. The number of piperidine rings is 2. The van der Waals surface area contributed by atoms with E-state index in [0.717, 1.165) is 32.0 Å². The molecule has 130 valence electrons. The van der Waals surface area contributed by atoms with Gasteiger partial charge in [0.1, 0.15) is 0 Å². The summed E-state index contributed by atoms with van der Waals surface area (Å²) in [7, 11) is 2.24. The highest BCUT2D eigenvalue weighted by molar-refractivity contribution is 7.11. The molecule has 2 atom stereocenters. The molecule has 0 saturated carbocycles. The van der Waals surface area contributed by atoms with Gasteiger partial charge in [-0.1, -0.05) is 13.8 Å². The fourth-order valence-electron chi connectivity index (χ4n) is 4.46. The van der Waals surface area contributed by atoms with E-state index in [0.29, 0.717) is 12.6 Å². The summed E-state index contributed by atoms with van der Waals surface area (Å²) in [6, 6.07) is 5.15. The van der Waals surface area contributed by atoms with E-state index < -0.39 is 0 Å². The van der Waals surface area contributed by atoms with Crippen LogP contribution in [0.25, 0.3) is 0 Å². The zero-order valence-corrected chi connectivity index (χ0v) is 15.7. The number of likely N-dealkylation sites (N-methyl/N-ethyl adjacent to an activating group) is 1. The molecule has 0 aliphatic carbocycles. The Morgan fingerprint density at radius 1 is 1.26 bits per heavy atom. The maximum Gasteiger partial charge on any atom is 0.0503 e. The minimum absolute atomic E-state index is 0.155. The van der Waals surface area contributed by atoms with E-state index in [1.54, 1.807) is 0 Å². The van der Waals surface area contributed by atoms with Crippen molar-refractivity contribution < 1.29 is 5.11 Å². The fraction of sp³-hybridized carbons (Fsp3) is 0.789. The summed E-state index contributed by atoms with van der Waals surface area (Å²) in [5.41, 5.74) is 0.155. The zero-order chi connectivity index (χ0) is 16.4. The second kappa shape index (κ2) is 7.22. The number of aliphatic hydroxyl groups excluding tert-OH is 1. The van der Waals surface area contributed by atoms with Crippen molar-refractivity contribution in [1.29, 1.82) is 0 Å². The van der Waals surface area contributed by atoms with Crippen molar-refractivity contribution >= 4 is 11.3 Å². The highest BCUT2D eigenvalue weighted by atomic mass is 32.1. The molecule has 3 rings (SSSR count). The molecule has 0 unspecified atom stereocenters. The molecular formula is C19H32N2OS. The Labute approximate surface area is 145 Å². The predicted molar refractivity (Wildman–Crippen MR) is 97.9 cm³/mol. The summed E-state index contributed by atoms with van der Waals surface area (Å²) in [5, 5.41) is 10.0. The van der Waals surface area contributed by atoms with Crippen molar-refractivity contribution in [2.45, 2.75) is 52.1 Å². The lowest BCUT2D eigenvalue weighted by atomic mass is 9.69. The SMILES string of the molecule is CC(C)Cc1ccc(CN2CC[C@@]3(CO)CCCN(C)[C@@H]3C2)s1. The number of hydrogen-bond donors (Lipinski definition) is 1. The maximum absolute atomic E-state index is 10.0. The molecule has 3 nitrogen and oxygen atoms in total. The van der Waals surface area contributed by atoms with Crippen molar-refractivity contribution in [2.24, 2.45) is 11.3 Å². The molecule has 0 bridgehead atoms. The third-order valence-corrected chi connectivity index (χ3v) is 6.89. The van der Waals surface area contributed by atoms with E-state index >= 15 is 0 Å². The Hall–Kier alpha value is -0.420. The van der Waals surface area contributed by atoms with Gasteiger partial charge in [-0.05, 0) is 63.9 Å². The molecule has 1 aromatic heterocycles. The van der Waals surface area contributed by atoms with Gasteiger partial charge in [0.25, 0.3) is 0 Å². The molecule has 0 amide bonds. The Kier molecular flexibility index (Phi) is 5.46. The molecular weight excluding hydrogens is 304 g/mol. The summed E-state index contributed by atoms with van der Waals surface area (Å²) in [4.78, 5) is 8.11. The van der Waals surface area contributed by atoms with Gasteiger partial charge in [-0.15, -0.1) is 11.3 Å². The molecule has 2 fully saturated rings. The first-order chi connectivity index (χ1) is 11.0. The van der Waals surface area contributed by atoms with Gasteiger partial charge in [0.15, 0.2) is 0 Å². The third kappa shape index (κ3) is 3.81. The van der Waals surface area contributed by atoms with Crippen molar-refractivity contribution in [3.05, 3.63) is 21.9 Å². The van der Waals surface area contributed by atoms with Crippen molar-refractivity contribution in [3.63, 3.8) is 0 Å². The van der Waals surface area contributed by atoms with E-state index in [1.807, 2.05) is 11.3 Å². The molecule has 0 aromatic carbocycles. The number of thiophene rings is 1. The first kappa shape index (κ1) is 17.4. The smallest absolute Gasteiger partial charge is 0.0503 e. The van der Waals surface area contributed by atoms with Crippen molar-refractivity contribution in [2.75, 3.05) is 33.3 Å². The molecule has 2 aliphatic rings. The minimum Gasteiger partial charge on any atom is -0.396 e. The number of nitrogens with zero attached hydrogens (tertiary/aromatic N) is 2. The van der Waals surface area contributed by atoms with Crippen LogP contribution in [0.1, 0.15) is 42.9 Å². The fourth-order valence-corrected chi connectivity index (χ4v) is 5.73. The second-order valence-electron chi connectivity index (χ2n) is 8.07. The number of aliphatic hydroxyl groups is 1. The average Bonchev–Trinajstić information content (AvgIpc) is 2.94. The average molecular weight is 337 g/mol. The van der Waals surface area contributed by atoms with Crippen LogP contribution in [-0.4, -0.2) is 54.2 Å². The second-order valence-corrected chi connectivity index (χ2v) is 9.32. The van der Waals surface area contributed by atoms with Gasteiger partial charge in [0.2, 0.25) is 0 Å². The summed E-state index contributed by atoms with van der Waals surface area (Å²) in [5.74, 6) is 0.734. The Morgan fingerprint density at radius 3 is 2.78 bits per heavy atom. The van der Waals surface area contributed by atoms with Crippen LogP contribution < -0.4 is 0 Å². The van der Waals surface area contributed by atoms with Crippen LogP contribution in [0.2, 0.25) is 0 Å². The number of hydrogen-bond acceptors (Lipinski definition) is 4. The number of fused-ring (bicyclic) bond motifs is 1. The Balaban J connectivity index is 1.63. The first-order valence-corrected chi connectivity index (χ1v) is 9.95. The van der Waals surface area contributed by atoms with Crippen LogP contribution in [-0.2, 0) is 13.0 Å². The van der Waals surface area contributed by atoms with Crippen molar-refractivity contribution in [3.8, 4) is 0 Å². The van der Waals surface area contributed by atoms with Crippen LogP contribution in [0.4, 0.5) is 0 Å². The summed E-state index contributed by atoms with van der Waals surface area (Å²) >= 11 is 1.99. The van der Waals surface area contributed by atoms with Crippen LogP contribution in [0.5, 0.6) is 0 Å². The number of rotatable bonds is 5. The van der Waals surface area contributed by atoms with E-state index in [2.05, 4.69) is 42.8 Å². The minimum atomic E-state index is 0.155. The molecule has 2 saturated heterocycles. The summed E-state index contributed by atoms with van der Waals surface area (Å²) < 4.78 is 0. The van der Waals surface area contributed by atoms with E-state index in [9.17, 15) is 5.11 Å². The van der Waals surface area contributed by atoms with Crippen LogP contribution >= 0.6 is 11.3 Å². The topological polar surface area (TPSA) is 26.7 Å². The summed E-state index contributed by atoms with van der Waals surface area (Å²) in [6.07, 6.45) is 4.77. The quantitative estimate of drug-likeness (QED) is 0.894. The zero-order valence-electron chi connectivity index (χ0n) is 14.9. The van der Waals surface area contributed by atoms with E-state index in [-0.39, 0.29) is 5.41 Å². The normalized spacial score (nSPS) is 29.9. The first-order valence-electron chi connectivity index (χ1n) is 9.13. The standard InChI is InChI=1S/C19H32N2OS/c1-15(2)11-16-5-6-17(23-16)12-21-10-8-19(14-22)7-4-9-20(3)18(19)13-21/h5-6,15,18,22H,4,7-14H2,1-3H3/t18-,19-/m1/s1. The lowest BCUT2D eigenvalue weighted by molar-refractivity contribution is -0.0682. The highest BCUT2D eigenvalue weighted by Gasteiger charge is 2.46.